The van der Waals surface area contributed by atoms with Crippen molar-refractivity contribution in [2.45, 2.75) is 19.9 Å². The number of esters is 1. The van der Waals surface area contributed by atoms with Crippen LogP contribution in [0.15, 0.2) is 54.1 Å². The monoisotopic (exact) mass is 394 g/mol. The molecule has 0 heterocycles. The van der Waals surface area contributed by atoms with Gasteiger partial charge in [-0.15, -0.1) is 0 Å². The van der Waals surface area contributed by atoms with Crippen molar-refractivity contribution in [3.05, 3.63) is 59.7 Å². The van der Waals surface area contributed by atoms with Crippen molar-refractivity contribution in [1.29, 1.82) is 5.26 Å². The first-order chi connectivity index (χ1) is 13.9. The lowest BCUT2D eigenvalue weighted by atomic mass is 10.1. The van der Waals surface area contributed by atoms with Gasteiger partial charge in [-0.2, -0.15) is 5.26 Å². The highest BCUT2D eigenvalue weighted by Gasteiger charge is 2.14. The molecular weight excluding hydrogens is 372 g/mol. The summed E-state index contributed by atoms with van der Waals surface area (Å²) in [5, 5.41) is 11.9. The van der Waals surface area contributed by atoms with Crippen molar-refractivity contribution in [3.8, 4) is 23.3 Å². The molecule has 1 N–H and O–H groups in total. The second-order valence-electron chi connectivity index (χ2n) is 6.28. The predicted molar refractivity (Wildman–Crippen MR) is 107 cm³/mol. The summed E-state index contributed by atoms with van der Waals surface area (Å²) in [6.45, 7) is 3.35. The lowest BCUT2D eigenvalue weighted by Gasteiger charge is -2.11. The minimum absolute atomic E-state index is 0.0400. The van der Waals surface area contributed by atoms with E-state index in [1.807, 2.05) is 12.1 Å². The van der Waals surface area contributed by atoms with E-state index in [1.165, 1.54) is 19.3 Å². The molecule has 0 bridgehead atoms. The van der Waals surface area contributed by atoms with Crippen molar-refractivity contribution in [2.24, 2.45) is 0 Å². The zero-order chi connectivity index (χ0) is 21.2. The number of ether oxygens (including phenoxy) is 3. The van der Waals surface area contributed by atoms with Crippen LogP contribution in [0, 0.1) is 11.3 Å². The highest BCUT2D eigenvalue weighted by atomic mass is 16.6. The molecule has 0 fully saturated rings. The number of rotatable bonds is 8. The molecule has 0 aliphatic heterocycles. The molecule has 0 aliphatic rings. The number of nitrogens with zero attached hydrogens (tertiary/aromatic N) is 1. The van der Waals surface area contributed by atoms with Gasteiger partial charge in [-0.25, -0.2) is 4.79 Å². The molecular formula is C22H22N2O5. The molecule has 0 saturated heterocycles. The Labute approximate surface area is 169 Å². The molecule has 7 nitrogen and oxygen atoms in total. The third-order valence-electron chi connectivity index (χ3n) is 3.61. The molecule has 0 aliphatic carbocycles. The van der Waals surface area contributed by atoms with E-state index in [2.05, 4.69) is 5.32 Å². The van der Waals surface area contributed by atoms with Gasteiger partial charge in [0.2, 0.25) is 0 Å². The lowest BCUT2D eigenvalue weighted by molar-refractivity contribution is -0.136. The molecule has 0 atom stereocenters. The predicted octanol–water partition coefficient (Wildman–Crippen LogP) is 3.11. The number of methoxy groups -OCH3 is 1. The highest BCUT2D eigenvalue weighted by molar-refractivity contribution is 6.01. The topological polar surface area (TPSA) is 97.6 Å². The fourth-order valence-corrected chi connectivity index (χ4v) is 2.32. The van der Waals surface area contributed by atoms with Gasteiger partial charge in [0, 0.05) is 6.04 Å². The summed E-state index contributed by atoms with van der Waals surface area (Å²) >= 11 is 0. The van der Waals surface area contributed by atoms with E-state index in [1.54, 1.807) is 50.2 Å². The van der Waals surface area contributed by atoms with E-state index >= 15 is 0 Å². The van der Waals surface area contributed by atoms with Crippen molar-refractivity contribution >= 4 is 18.0 Å². The van der Waals surface area contributed by atoms with E-state index in [4.69, 9.17) is 14.2 Å². The normalized spacial score (nSPS) is 10.8. The summed E-state index contributed by atoms with van der Waals surface area (Å²) in [6.07, 6.45) is 1.43. The average molecular weight is 394 g/mol. The van der Waals surface area contributed by atoms with E-state index in [-0.39, 0.29) is 29.7 Å². The highest BCUT2D eigenvalue weighted by Crippen LogP contribution is 2.29. The fourth-order valence-electron chi connectivity index (χ4n) is 2.32. The van der Waals surface area contributed by atoms with Crippen LogP contribution in [0.25, 0.3) is 6.08 Å². The molecule has 0 spiro atoms. The maximum Gasteiger partial charge on any atom is 0.349 e. The van der Waals surface area contributed by atoms with Gasteiger partial charge in [0.1, 0.15) is 17.4 Å². The second-order valence-corrected chi connectivity index (χ2v) is 6.28. The Kier molecular flexibility index (Phi) is 7.80. The van der Waals surface area contributed by atoms with Crippen molar-refractivity contribution < 1.29 is 23.8 Å². The first-order valence-corrected chi connectivity index (χ1v) is 8.92. The van der Waals surface area contributed by atoms with E-state index in [0.717, 1.165) is 0 Å². The van der Waals surface area contributed by atoms with E-state index < -0.39 is 11.9 Å². The van der Waals surface area contributed by atoms with E-state index in [9.17, 15) is 14.9 Å². The van der Waals surface area contributed by atoms with Crippen LogP contribution in [0.3, 0.4) is 0 Å². The molecule has 2 aromatic rings. The summed E-state index contributed by atoms with van der Waals surface area (Å²) in [6, 6.07) is 15.4. The minimum atomic E-state index is -0.593. The Balaban J connectivity index is 2.09. The van der Waals surface area contributed by atoms with Crippen LogP contribution in [-0.2, 0) is 9.59 Å². The number of benzene rings is 2. The van der Waals surface area contributed by atoms with Crippen LogP contribution in [0.4, 0.5) is 0 Å². The summed E-state index contributed by atoms with van der Waals surface area (Å²) in [7, 11) is 1.43. The van der Waals surface area contributed by atoms with Gasteiger partial charge >= 0.3 is 5.97 Å². The maximum absolute atomic E-state index is 12.0. The summed E-state index contributed by atoms with van der Waals surface area (Å²) in [5.74, 6) is -0.00932. The van der Waals surface area contributed by atoms with E-state index in [0.29, 0.717) is 11.3 Å². The summed E-state index contributed by atoms with van der Waals surface area (Å²) in [5.41, 5.74) is 0.513. The number of nitriles is 1. The fraction of sp³-hybridized carbons (Fsp3) is 0.227. The molecule has 7 heteroatoms. The average Bonchev–Trinajstić information content (AvgIpc) is 2.71. The van der Waals surface area contributed by atoms with Crippen molar-refractivity contribution in [1.82, 2.24) is 5.32 Å². The Hall–Kier alpha value is -3.79. The maximum atomic E-state index is 12.0. The number of amides is 1. The third kappa shape index (κ3) is 6.70. The number of hydrogen-bond donors (Lipinski definition) is 1. The number of nitrogens with one attached hydrogen (secondary N) is 1. The molecule has 2 aromatic carbocycles. The number of hydrogen-bond acceptors (Lipinski definition) is 6. The van der Waals surface area contributed by atoms with Crippen LogP contribution >= 0.6 is 0 Å². The smallest absolute Gasteiger partial charge is 0.349 e. The van der Waals surface area contributed by atoms with Crippen molar-refractivity contribution in [2.75, 3.05) is 13.7 Å². The number of carbonyl (C=O) groups excluding carboxylic acids is 2. The van der Waals surface area contributed by atoms with Crippen LogP contribution < -0.4 is 19.5 Å². The Bertz CT molecular complexity index is 930. The molecule has 29 heavy (non-hydrogen) atoms. The van der Waals surface area contributed by atoms with Crippen LogP contribution in [0.5, 0.6) is 17.2 Å². The van der Waals surface area contributed by atoms with Gasteiger partial charge in [0.15, 0.2) is 18.1 Å². The molecule has 0 radical (unpaired) electrons. The lowest BCUT2D eigenvalue weighted by Crippen LogP contribution is -2.30. The Morgan fingerprint density at radius 3 is 2.48 bits per heavy atom. The quantitative estimate of drug-likeness (QED) is 0.320. The zero-order valence-electron chi connectivity index (χ0n) is 16.5. The molecule has 2 rings (SSSR count). The zero-order valence-corrected chi connectivity index (χ0v) is 16.5. The molecule has 0 saturated carbocycles. The standard InChI is InChI=1S/C22H22N2O5/c1-15(2)24-22(26)17(13-23)11-16-9-10-19(20(12-16)27-3)29-21(25)14-28-18-7-5-4-6-8-18/h4-12,15H,14H2,1-3H3,(H,24,26)/b17-11+. The molecule has 1 amide bonds. The van der Waals surface area contributed by atoms with Crippen LogP contribution in [0.1, 0.15) is 19.4 Å². The van der Waals surface area contributed by atoms with Gasteiger partial charge in [-0.1, -0.05) is 24.3 Å². The number of para-hydroxylation sites is 1. The Morgan fingerprint density at radius 1 is 1.14 bits per heavy atom. The summed E-state index contributed by atoms with van der Waals surface area (Å²) < 4.78 is 15.9. The molecule has 0 unspecified atom stereocenters. The second kappa shape index (κ2) is 10.5. The first kappa shape index (κ1) is 21.5. The van der Waals surface area contributed by atoms with Crippen molar-refractivity contribution in [3.63, 3.8) is 0 Å². The third-order valence-corrected chi connectivity index (χ3v) is 3.61. The van der Waals surface area contributed by atoms with Gasteiger partial charge in [-0.3, -0.25) is 4.79 Å². The van der Waals surface area contributed by atoms with Gasteiger partial charge in [0.25, 0.3) is 5.91 Å². The first-order valence-electron chi connectivity index (χ1n) is 8.92. The molecule has 0 aromatic heterocycles. The summed E-state index contributed by atoms with van der Waals surface area (Å²) in [4.78, 5) is 24.1. The van der Waals surface area contributed by atoms with Crippen LogP contribution in [0.2, 0.25) is 0 Å². The minimum Gasteiger partial charge on any atom is -0.493 e. The van der Waals surface area contributed by atoms with Gasteiger partial charge < -0.3 is 19.5 Å². The largest absolute Gasteiger partial charge is 0.493 e. The van der Waals surface area contributed by atoms with Gasteiger partial charge in [0.05, 0.1) is 7.11 Å². The Morgan fingerprint density at radius 2 is 1.86 bits per heavy atom. The van der Waals surface area contributed by atoms with Gasteiger partial charge in [-0.05, 0) is 49.8 Å². The number of carbonyl (C=O) groups is 2. The SMILES string of the molecule is COc1cc(/C=C(\C#N)C(=O)NC(C)C)ccc1OC(=O)COc1ccccc1. The molecule has 150 valence electrons. The van der Waals surface area contributed by atoms with Crippen LogP contribution in [-0.4, -0.2) is 31.6 Å².